The molecule has 0 saturated carbocycles. The summed E-state index contributed by atoms with van der Waals surface area (Å²) < 4.78 is 27.0. The van der Waals surface area contributed by atoms with Crippen LogP contribution >= 0.6 is 11.3 Å². The molecule has 0 aliphatic heterocycles. The van der Waals surface area contributed by atoms with Gasteiger partial charge in [0.15, 0.2) is 9.34 Å². The summed E-state index contributed by atoms with van der Waals surface area (Å²) in [6.45, 7) is 3.10. The largest absolute Gasteiger partial charge is 0.363 e. The maximum Gasteiger partial charge on any atom is 0.252 e. The number of nitrogens with zero attached hydrogens (tertiary/aromatic N) is 4. The minimum Gasteiger partial charge on any atom is -0.363 e. The van der Waals surface area contributed by atoms with Crippen LogP contribution in [-0.2, 0) is 21.4 Å². The second kappa shape index (κ2) is 7.20. The first-order valence-electron chi connectivity index (χ1n) is 6.92. The zero-order valence-corrected chi connectivity index (χ0v) is 15.3. The molecule has 0 aromatic carbocycles. The van der Waals surface area contributed by atoms with Gasteiger partial charge in [0.05, 0.1) is 12.7 Å². The number of anilines is 2. The van der Waals surface area contributed by atoms with Gasteiger partial charge in [-0.2, -0.15) is 0 Å². The molecule has 0 unspecified atom stereocenters. The highest BCUT2D eigenvalue weighted by molar-refractivity contribution is 7.91. The van der Waals surface area contributed by atoms with Gasteiger partial charge >= 0.3 is 0 Å². The number of carbonyl (C=O) groups is 1. The molecule has 1 amide bonds. The molecular formula is C13H18N6O3S2. The Balaban J connectivity index is 2.13. The van der Waals surface area contributed by atoms with E-state index in [0.29, 0.717) is 11.6 Å². The van der Waals surface area contributed by atoms with E-state index < -0.39 is 10.0 Å². The van der Waals surface area contributed by atoms with Gasteiger partial charge in [0.2, 0.25) is 5.91 Å². The lowest BCUT2D eigenvalue weighted by Crippen LogP contribution is -2.24. The third kappa shape index (κ3) is 4.69. The highest BCUT2D eigenvalue weighted by Gasteiger charge is 2.19. The van der Waals surface area contributed by atoms with Crippen LogP contribution in [0.1, 0.15) is 18.4 Å². The molecule has 2 heterocycles. The predicted octanol–water partition coefficient (Wildman–Crippen LogP) is 0.744. The van der Waals surface area contributed by atoms with Crippen LogP contribution in [0.3, 0.4) is 0 Å². The summed E-state index contributed by atoms with van der Waals surface area (Å²) >= 11 is 0.872. The lowest BCUT2D eigenvalue weighted by atomic mass is 10.4. The first-order valence-corrected chi connectivity index (χ1v) is 9.22. The summed E-state index contributed by atoms with van der Waals surface area (Å²) in [5.74, 6) is 0.752. The molecule has 0 radical (unpaired) electrons. The third-order valence-electron chi connectivity index (χ3n) is 2.80. The standard InChI is InChI=1S/C13H18N6O3S2/c1-8-5-11(19(3)4)18-10(16-8)6-15-24(21,22)12-7-14-13(23-12)17-9(2)20/h5,7,15H,6H2,1-4H3,(H,14,17,20). The number of nitrogens with one attached hydrogen (secondary N) is 2. The van der Waals surface area contributed by atoms with Gasteiger partial charge in [-0.3, -0.25) is 4.79 Å². The zero-order valence-electron chi connectivity index (χ0n) is 13.7. The van der Waals surface area contributed by atoms with Crippen LogP contribution in [0, 0.1) is 6.92 Å². The van der Waals surface area contributed by atoms with E-state index in [1.807, 2.05) is 25.9 Å². The van der Waals surface area contributed by atoms with Crippen LogP contribution in [0.15, 0.2) is 16.5 Å². The molecule has 0 saturated heterocycles. The SMILES string of the molecule is CC(=O)Nc1ncc(S(=O)(=O)NCc2nc(C)cc(N(C)C)n2)s1. The first-order chi connectivity index (χ1) is 11.2. The number of aromatic nitrogens is 3. The summed E-state index contributed by atoms with van der Waals surface area (Å²) in [5.41, 5.74) is 0.744. The Morgan fingerprint density at radius 2 is 2.04 bits per heavy atom. The number of amides is 1. The van der Waals surface area contributed by atoms with Crippen LogP contribution in [0.4, 0.5) is 10.9 Å². The van der Waals surface area contributed by atoms with Crippen molar-refractivity contribution in [3.8, 4) is 0 Å². The number of aryl methyl sites for hydroxylation is 1. The van der Waals surface area contributed by atoms with Crippen molar-refractivity contribution in [1.29, 1.82) is 0 Å². The molecule has 9 nitrogen and oxygen atoms in total. The number of sulfonamides is 1. The summed E-state index contributed by atoms with van der Waals surface area (Å²) in [7, 11) is -0.0706. The number of hydrogen-bond acceptors (Lipinski definition) is 8. The molecule has 130 valence electrons. The first kappa shape index (κ1) is 18.2. The average Bonchev–Trinajstić information content (AvgIpc) is 2.93. The van der Waals surface area contributed by atoms with Crippen LogP contribution in [0.25, 0.3) is 0 Å². The van der Waals surface area contributed by atoms with Gasteiger partial charge in [-0.1, -0.05) is 11.3 Å². The van der Waals surface area contributed by atoms with Crippen molar-refractivity contribution >= 4 is 38.2 Å². The predicted molar refractivity (Wildman–Crippen MR) is 91.5 cm³/mol. The molecule has 0 fully saturated rings. The van der Waals surface area contributed by atoms with Crippen molar-refractivity contribution in [1.82, 2.24) is 19.7 Å². The summed E-state index contributed by atoms with van der Waals surface area (Å²) in [5, 5.41) is 2.67. The second-order valence-electron chi connectivity index (χ2n) is 5.17. The van der Waals surface area contributed by atoms with Gasteiger partial charge < -0.3 is 10.2 Å². The maximum atomic E-state index is 12.3. The van der Waals surface area contributed by atoms with Crippen molar-refractivity contribution in [2.24, 2.45) is 0 Å². The zero-order chi connectivity index (χ0) is 17.9. The van der Waals surface area contributed by atoms with E-state index in [2.05, 4.69) is 25.0 Å². The van der Waals surface area contributed by atoms with Crippen LogP contribution in [0.5, 0.6) is 0 Å². The Kier molecular flexibility index (Phi) is 5.47. The number of thiazole rings is 1. The second-order valence-corrected chi connectivity index (χ2v) is 8.19. The number of hydrogen-bond donors (Lipinski definition) is 2. The fraction of sp³-hybridized carbons (Fsp3) is 0.385. The molecule has 2 aromatic heterocycles. The van der Waals surface area contributed by atoms with E-state index in [0.717, 1.165) is 17.0 Å². The van der Waals surface area contributed by atoms with Crippen molar-refractivity contribution in [3.63, 3.8) is 0 Å². The highest BCUT2D eigenvalue weighted by Crippen LogP contribution is 2.22. The van der Waals surface area contributed by atoms with Gasteiger partial charge in [0, 0.05) is 32.8 Å². The van der Waals surface area contributed by atoms with Crippen molar-refractivity contribution in [3.05, 3.63) is 23.8 Å². The fourth-order valence-corrected chi connectivity index (χ4v) is 3.84. The lowest BCUT2D eigenvalue weighted by Gasteiger charge is -2.13. The Morgan fingerprint density at radius 3 is 2.67 bits per heavy atom. The highest BCUT2D eigenvalue weighted by atomic mass is 32.2. The number of carbonyl (C=O) groups excluding carboxylic acids is 1. The Bertz CT molecular complexity index is 847. The van der Waals surface area contributed by atoms with Gasteiger partial charge in [-0.25, -0.2) is 28.1 Å². The molecule has 24 heavy (non-hydrogen) atoms. The van der Waals surface area contributed by atoms with E-state index >= 15 is 0 Å². The summed E-state index contributed by atoms with van der Waals surface area (Å²) in [4.78, 5) is 25.2. The van der Waals surface area contributed by atoms with Gasteiger partial charge in [0.25, 0.3) is 10.0 Å². The molecule has 2 rings (SSSR count). The van der Waals surface area contributed by atoms with Gasteiger partial charge in [-0.15, -0.1) is 0 Å². The molecule has 11 heteroatoms. The summed E-state index contributed by atoms with van der Waals surface area (Å²) in [6.07, 6.45) is 1.20. The Labute approximate surface area is 144 Å². The van der Waals surface area contributed by atoms with E-state index in [1.54, 1.807) is 6.07 Å². The smallest absolute Gasteiger partial charge is 0.252 e. The molecule has 0 bridgehead atoms. The monoisotopic (exact) mass is 370 g/mol. The van der Waals surface area contributed by atoms with Gasteiger partial charge in [-0.05, 0) is 6.92 Å². The summed E-state index contributed by atoms with van der Waals surface area (Å²) in [6, 6.07) is 1.81. The number of rotatable bonds is 6. The molecule has 0 atom stereocenters. The Hall–Kier alpha value is -2.11. The fourth-order valence-electron chi connectivity index (χ4n) is 1.74. The lowest BCUT2D eigenvalue weighted by molar-refractivity contribution is -0.114. The van der Waals surface area contributed by atoms with E-state index in [-0.39, 0.29) is 21.8 Å². The maximum absolute atomic E-state index is 12.3. The molecule has 0 spiro atoms. The Morgan fingerprint density at radius 1 is 1.33 bits per heavy atom. The van der Waals surface area contributed by atoms with Crippen molar-refractivity contribution in [2.75, 3.05) is 24.3 Å². The molecule has 2 aromatic rings. The van der Waals surface area contributed by atoms with E-state index in [9.17, 15) is 13.2 Å². The quantitative estimate of drug-likeness (QED) is 0.770. The third-order valence-corrected chi connectivity index (χ3v) is 5.57. The average molecular weight is 370 g/mol. The van der Waals surface area contributed by atoms with Crippen LogP contribution < -0.4 is 14.9 Å². The van der Waals surface area contributed by atoms with Crippen LogP contribution in [-0.4, -0.2) is 43.4 Å². The van der Waals surface area contributed by atoms with Crippen molar-refractivity contribution < 1.29 is 13.2 Å². The van der Waals surface area contributed by atoms with Crippen LogP contribution in [0.2, 0.25) is 0 Å². The topological polar surface area (TPSA) is 117 Å². The molecular weight excluding hydrogens is 352 g/mol. The minimum atomic E-state index is -3.76. The minimum absolute atomic E-state index is 0.00624. The van der Waals surface area contributed by atoms with E-state index in [4.69, 9.17) is 0 Å². The molecule has 0 aliphatic carbocycles. The van der Waals surface area contributed by atoms with Gasteiger partial charge in [0.1, 0.15) is 11.6 Å². The van der Waals surface area contributed by atoms with E-state index in [1.165, 1.54) is 13.1 Å². The molecule has 2 N–H and O–H groups in total. The normalized spacial score (nSPS) is 11.3. The molecule has 0 aliphatic rings. The van der Waals surface area contributed by atoms with Crippen molar-refractivity contribution in [2.45, 2.75) is 24.6 Å².